The third kappa shape index (κ3) is 4.59. The van der Waals surface area contributed by atoms with Crippen LogP contribution in [0.5, 0.6) is 0 Å². The van der Waals surface area contributed by atoms with Crippen molar-refractivity contribution >= 4 is 35.0 Å². The van der Waals surface area contributed by atoms with Gasteiger partial charge in [0.15, 0.2) is 17.3 Å². The normalized spacial score (nSPS) is 12.9. The number of carbonyl (C=O) groups excluding carboxylic acids is 3. The fraction of sp³-hybridized carbons (Fsp3) is 0.400. The highest BCUT2D eigenvalue weighted by atomic mass is 16.6. The van der Waals surface area contributed by atoms with Crippen LogP contribution >= 0.6 is 0 Å². The first kappa shape index (κ1) is 19.0. The fourth-order valence-electron chi connectivity index (χ4n) is 2.19. The molecule has 0 aliphatic rings. The van der Waals surface area contributed by atoms with E-state index in [1.165, 1.54) is 33.9 Å². The number of nitrogens with one attached hydrogen (secondary N) is 2. The standard InChI is InChI=1S/C15H17N5O6/c1-6(25-8(3)22)12(26-9(4)23)10-5-16-13-11(18-10)14(24)20-15(19-13)17-7(2)21/h5-6,12H,1-4H3,(H2,16,17,19,20,21,24)/t6-,12-/m1/s1. The molecule has 0 aromatic carbocycles. The number of hydrogen-bond acceptors (Lipinski definition) is 9. The molecule has 138 valence electrons. The van der Waals surface area contributed by atoms with E-state index in [4.69, 9.17) is 9.47 Å². The summed E-state index contributed by atoms with van der Waals surface area (Å²) in [7, 11) is 0. The molecule has 2 N–H and O–H groups in total. The van der Waals surface area contributed by atoms with Crippen LogP contribution in [-0.2, 0) is 23.9 Å². The average Bonchev–Trinajstić information content (AvgIpc) is 2.51. The van der Waals surface area contributed by atoms with Crippen LogP contribution in [-0.4, -0.2) is 43.9 Å². The van der Waals surface area contributed by atoms with Crippen molar-refractivity contribution in [1.82, 2.24) is 19.9 Å². The van der Waals surface area contributed by atoms with Crippen molar-refractivity contribution in [3.63, 3.8) is 0 Å². The van der Waals surface area contributed by atoms with E-state index < -0.39 is 35.6 Å². The molecule has 0 saturated heterocycles. The van der Waals surface area contributed by atoms with Crippen molar-refractivity contribution in [2.45, 2.75) is 39.9 Å². The summed E-state index contributed by atoms with van der Waals surface area (Å²) in [4.78, 5) is 60.3. The van der Waals surface area contributed by atoms with Crippen LogP contribution in [0.3, 0.4) is 0 Å². The molecule has 0 spiro atoms. The van der Waals surface area contributed by atoms with Gasteiger partial charge in [-0.1, -0.05) is 0 Å². The van der Waals surface area contributed by atoms with Gasteiger partial charge in [0, 0.05) is 20.8 Å². The predicted molar refractivity (Wildman–Crippen MR) is 88.0 cm³/mol. The molecule has 0 unspecified atom stereocenters. The van der Waals surface area contributed by atoms with Crippen LogP contribution in [0.2, 0.25) is 0 Å². The van der Waals surface area contributed by atoms with Crippen molar-refractivity contribution in [3.8, 4) is 0 Å². The number of carbonyl (C=O) groups is 3. The maximum atomic E-state index is 12.2. The summed E-state index contributed by atoms with van der Waals surface area (Å²) >= 11 is 0. The Morgan fingerprint density at radius 1 is 1.12 bits per heavy atom. The summed E-state index contributed by atoms with van der Waals surface area (Å²) in [5.41, 5.74) is -0.664. The van der Waals surface area contributed by atoms with Crippen molar-refractivity contribution in [1.29, 1.82) is 0 Å². The molecular weight excluding hydrogens is 346 g/mol. The number of nitrogens with zero attached hydrogens (tertiary/aromatic N) is 3. The number of H-pyrrole nitrogens is 1. The molecule has 11 nitrogen and oxygen atoms in total. The van der Waals surface area contributed by atoms with Gasteiger partial charge in [-0.3, -0.25) is 29.5 Å². The molecule has 1 amide bonds. The van der Waals surface area contributed by atoms with Crippen LogP contribution < -0.4 is 10.9 Å². The first-order valence-corrected chi connectivity index (χ1v) is 7.56. The molecule has 2 rings (SSSR count). The zero-order valence-corrected chi connectivity index (χ0v) is 14.5. The number of rotatable bonds is 5. The number of hydrogen-bond donors (Lipinski definition) is 2. The van der Waals surface area contributed by atoms with E-state index in [1.807, 2.05) is 0 Å². The van der Waals surface area contributed by atoms with Crippen molar-refractivity contribution in [2.24, 2.45) is 0 Å². The summed E-state index contributed by atoms with van der Waals surface area (Å²) < 4.78 is 10.2. The summed E-state index contributed by atoms with van der Waals surface area (Å²) in [5, 5.41) is 2.34. The maximum Gasteiger partial charge on any atom is 0.303 e. The monoisotopic (exact) mass is 363 g/mol. The molecule has 0 bridgehead atoms. The molecule has 0 aliphatic heterocycles. The van der Waals surface area contributed by atoms with Gasteiger partial charge in [-0.2, -0.15) is 4.98 Å². The Morgan fingerprint density at radius 3 is 2.35 bits per heavy atom. The Balaban J connectivity index is 2.48. The lowest BCUT2D eigenvalue weighted by Crippen LogP contribution is -2.27. The molecule has 0 radical (unpaired) electrons. The van der Waals surface area contributed by atoms with Crippen molar-refractivity contribution in [2.75, 3.05) is 5.32 Å². The van der Waals surface area contributed by atoms with Crippen LogP contribution in [0.1, 0.15) is 39.5 Å². The van der Waals surface area contributed by atoms with E-state index in [0.717, 1.165) is 0 Å². The minimum Gasteiger partial charge on any atom is -0.458 e. The van der Waals surface area contributed by atoms with Crippen molar-refractivity contribution < 1.29 is 23.9 Å². The quantitative estimate of drug-likeness (QED) is 0.710. The minimum atomic E-state index is -1.05. The summed E-state index contributed by atoms with van der Waals surface area (Å²) in [6.07, 6.45) is -0.656. The SMILES string of the molecule is CC(=O)Nc1nc2ncc([C@H](OC(C)=O)[C@@H](C)OC(C)=O)nc2c(=O)[nH]1. The number of ether oxygens (including phenoxy) is 2. The van der Waals surface area contributed by atoms with Crippen LogP contribution in [0, 0.1) is 0 Å². The molecule has 11 heteroatoms. The van der Waals surface area contributed by atoms with E-state index >= 15 is 0 Å². The van der Waals surface area contributed by atoms with Gasteiger partial charge in [0.05, 0.1) is 6.20 Å². The lowest BCUT2D eigenvalue weighted by Gasteiger charge is -2.22. The highest BCUT2D eigenvalue weighted by molar-refractivity contribution is 5.87. The van der Waals surface area contributed by atoms with Crippen LogP contribution in [0.15, 0.2) is 11.0 Å². The first-order valence-electron chi connectivity index (χ1n) is 7.56. The Morgan fingerprint density at radius 2 is 1.77 bits per heavy atom. The molecule has 2 aromatic heterocycles. The molecule has 0 fully saturated rings. The van der Waals surface area contributed by atoms with Gasteiger partial charge in [-0.05, 0) is 6.92 Å². The average molecular weight is 363 g/mol. The molecule has 2 atom stereocenters. The Bertz CT molecular complexity index is 924. The molecule has 0 aliphatic carbocycles. The highest BCUT2D eigenvalue weighted by Gasteiger charge is 2.27. The third-order valence-corrected chi connectivity index (χ3v) is 3.09. The molecule has 0 saturated carbocycles. The number of aromatic amines is 1. The van der Waals surface area contributed by atoms with E-state index in [2.05, 4.69) is 25.3 Å². The topological polar surface area (TPSA) is 153 Å². The summed E-state index contributed by atoms with van der Waals surface area (Å²) in [6.45, 7) is 5.18. The van der Waals surface area contributed by atoms with Crippen LogP contribution in [0.4, 0.5) is 5.95 Å². The number of fused-ring (bicyclic) bond motifs is 1. The summed E-state index contributed by atoms with van der Waals surface area (Å²) in [6, 6.07) is 0. The smallest absolute Gasteiger partial charge is 0.303 e. The van der Waals surface area contributed by atoms with E-state index in [-0.39, 0.29) is 22.8 Å². The lowest BCUT2D eigenvalue weighted by atomic mass is 10.1. The number of esters is 2. The van der Waals surface area contributed by atoms with Crippen LogP contribution in [0.25, 0.3) is 11.2 Å². The van der Waals surface area contributed by atoms with Gasteiger partial charge in [0.1, 0.15) is 11.8 Å². The van der Waals surface area contributed by atoms with Gasteiger partial charge < -0.3 is 9.47 Å². The Labute approximate surface area is 147 Å². The van der Waals surface area contributed by atoms with E-state index in [9.17, 15) is 19.2 Å². The van der Waals surface area contributed by atoms with Gasteiger partial charge in [0.2, 0.25) is 11.9 Å². The van der Waals surface area contributed by atoms with Gasteiger partial charge in [-0.15, -0.1) is 0 Å². The zero-order chi connectivity index (χ0) is 19.4. The second-order valence-corrected chi connectivity index (χ2v) is 5.41. The Hall–Kier alpha value is -3.37. The molecule has 2 heterocycles. The van der Waals surface area contributed by atoms with Gasteiger partial charge in [0.25, 0.3) is 5.56 Å². The van der Waals surface area contributed by atoms with Crippen molar-refractivity contribution in [3.05, 3.63) is 22.2 Å². The third-order valence-electron chi connectivity index (χ3n) is 3.09. The summed E-state index contributed by atoms with van der Waals surface area (Å²) in [5.74, 6) is -1.67. The molecule has 26 heavy (non-hydrogen) atoms. The molecule has 2 aromatic rings. The second-order valence-electron chi connectivity index (χ2n) is 5.41. The number of anilines is 1. The zero-order valence-electron chi connectivity index (χ0n) is 14.5. The Kier molecular flexibility index (Phi) is 5.60. The van der Waals surface area contributed by atoms with E-state index in [1.54, 1.807) is 0 Å². The lowest BCUT2D eigenvalue weighted by molar-refractivity contribution is -0.164. The minimum absolute atomic E-state index is 0.0111. The molecular formula is C15H17N5O6. The second kappa shape index (κ2) is 7.68. The highest BCUT2D eigenvalue weighted by Crippen LogP contribution is 2.22. The predicted octanol–water partition coefficient (Wildman–Crippen LogP) is 0.227. The van der Waals surface area contributed by atoms with E-state index in [0.29, 0.717) is 0 Å². The first-order chi connectivity index (χ1) is 12.2. The van der Waals surface area contributed by atoms with Gasteiger partial charge in [-0.25, -0.2) is 9.97 Å². The number of amides is 1. The maximum absolute atomic E-state index is 12.2. The van der Waals surface area contributed by atoms with Gasteiger partial charge >= 0.3 is 11.9 Å². The fourth-order valence-corrected chi connectivity index (χ4v) is 2.19. The number of aromatic nitrogens is 4. The largest absolute Gasteiger partial charge is 0.458 e.